The molecule has 0 spiro atoms. The molecule has 0 aromatic heterocycles. The molecule has 0 bridgehead atoms. The van der Waals surface area contributed by atoms with Gasteiger partial charge in [0.05, 0.1) is 0 Å². The van der Waals surface area contributed by atoms with Crippen molar-refractivity contribution in [2.45, 2.75) is 33.4 Å². The van der Waals surface area contributed by atoms with Crippen LogP contribution < -0.4 is 10.6 Å². The molecule has 0 atom stereocenters. The van der Waals surface area contributed by atoms with Crippen LogP contribution in [0.15, 0.2) is 29.3 Å². The first kappa shape index (κ1) is 20.2. The lowest BCUT2D eigenvalue weighted by Gasteiger charge is -2.15. The van der Waals surface area contributed by atoms with Gasteiger partial charge in [0.25, 0.3) is 0 Å². The minimum Gasteiger partial charge on any atom is -0.356 e. The van der Waals surface area contributed by atoms with Crippen LogP contribution in [0.25, 0.3) is 0 Å². The van der Waals surface area contributed by atoms with E-state index in [4.69, 9.17) is 0 Å². The number of rotatable bonds is 7. The van der Waals surface area contributed by atoms with E-state index in [1.807, 2.05) is 0 Å². The fraction of sp³-hybridized carbons (Fsp3) is 0.562. The standard InChI is InChI=1S/C16H28N4.HI/c1-5-10-18-16(17-3)19-12-14-8-7-9-15(11-14)13-20(4)6-2;/h7-9,11H,5-6,10,12-13H2,1-4H3,(H2,17,18,19);1H. The van der Waals surface area contributed by atoms with Crippen LogP contribution in [-0.4, -0.2) is 38.0 Å². The third-order valence-electron chi connectivity index (χ3n) is 3.21. The molecule has 0 aliphatic carbocycles. The van der Waals surface area contributed by atoms with Gasteiger partial charge in [-0.15, -0.1) is 24.0 Å². The molecule has 2 N–H and O–H groups in total. The van der Waals surface area contributed by atoms with Gasteiger partial charge >= 0.3 is 0 Å². The first-order valence-electron chi connectivity index (χ1n) is 7.40. The lowest BCUT2D eigenvalue weighted by Crippen LogP contribution is -2.37. The summed E-state index contributed by atoms with van der Waals surface area (Å²) in [7, 11) is 3.94. The summed E-state index contributed by atoms with van der Waals surface area (Å²) in [5.41, 5.74) is 2.64. The first-order valence-corrected chi connectivity index (χ1v) is 7.40. The summed E-state index contributed by atoms with van der Waals surface area (Å²) in [6, 6.07) is 8.71. The van der Waals surface area contributed by atoms with Crippen molar-refractivity contribution in [3.05, 3.63) is 35.4 Å². The van der Waals surface area contributed by atoms with Crippen LogP contribution >= 0.6 is 24.0 Å². The Morgan fingerprint density at radius 2 is 1.90 bits per heavy atom. The van der Waals surface area contributed by atoms with Crippen molar-refractivity contribution in [1.29, 1.82) is 0 Å². The third kappa shape index (κ3) is 8.26. The van der Waals surface area contributed by atoms with Gasteiger partial charge < -0.3 is 15.5 Å². The molecule has 0 fully saturated rings. The Balaban J connectivity index is 0.00000400. The molecule has 5 heteroatoms. The number of halogens is 1. The van der Waals surface area contributed by atoms with Crippen LogP contribution in [0.2, 0.25) is 0 Å². The molecule has 21 heavy (non-hydrogen) atoms. The quantitative estimate of drug-likeness (QED) is 0.417. The zero-order valence-electron chi connectivity index (χ0n) is 13.6. The van der Waals surface area contributed by atoms with Gasteiger partial charge in [-0.25, -0.2) is 0 Å². The van der Waals surface area contributed by atoms with E-state index in [9.17, 15) is 0 Å². The number of hydrogen-bond acceptors (Lipinski definition) is 2. The fourth-order valence-corrected chi connectivity index (χ4v) is 1.91. The minimum atomic E-state index is 0. The Kier molecular flexibility index (Phi) is 11.3. The van der Waals surface area contributed by atoms with Crippen LogP contribution in [0.5, 0.6) is 0 Å². The average Bonchev–Trinajstić information content (AvgIpc) is 2.47. The van der Waals surface area contributed by atoms with E-state index in [1.165, 1.54) is 11.1 Å². The van der Waals surface area contributed by atoms with E-state index >= 15 is 0 Å². The largest absolute Gasteiger partial charge is 0.356 e. The third-order valence-corrected chi connectivity index (χ3v) is 3.21. The predicted molar refractivity (Wildman–Crippen MR) is 102 cm³/mol. The van der Waals surface area contributed by atoms with Crippen molar-refractivity contribution in [2.75, 3.05) is 27.2 Å². The maximum atomic E-state index is 4.21. The van der Waals surface area contributed by atoms with Crippen molar-refractivity contribution in [3.63, 3.8) is 0 Å². The molecule has 0 aliphatic heterocycles. The minimum absolute atomic E-state index is 0. The van der Waals surface area contributed by atoms with Gasteiger partial charge in [0.1, 0.15) is 0 Å². The molecule has 1 rings (SSSR count). The molecule has 0 radical (unpaired) electrons. The average molecular weight is 404 g/mol. The summed E-state index contributed by atoms with van der Waals surface area (Å²) in [5.74, 6) is 0.864. The monoisotopic (exact) mass is 404 g/mol. The van der Waals surface area contributed by atoms with Crippen molar-refractivity contribution >= 4 is 29.9 Å². The smallest absolute Gasteiger partial charge is 0.191 e. The van der Waals surface area contributed by atoms with E-state index in [0.29, 0.717) is 0 Å². The summed E-state index contributed by atoms with van der Waals surface area (Å²) in [6.07, 6.45) is 1.10. The number of aliphatic imine (C=N–C) groups is 1. The van der Waals surface area contributed by atoms with Crippen molar-refractivity contribution in [1.82, 2.24) is 15.5 Å². The predicted octanol–water partition coefficient (Wildman–Crippen LogP) is 2.83. The normalized spacial score (nSPS) is 11.2. The number of benzene rings is 1. The lowest BCUT2D eigenvalue weighted by atomic mass is 10.1. The summed E-state index contributed by atoms with van der Waals surface area (Å²) >= 11 is 0. The van der Waals surface area contributed by atoms with Gasteiger partial charge in [0.15, 0.2) is 5.96 Å². The molecule has 1 aromatic rings. The Labute approximate surface area is 146 Å². The second kappa shape index (κ2) is 11.8. The Morgan fingerprint density at radius 3 is 2.52 bits per heavy atom. The second-order valence-electron chi connectivity index (χ2n) is 5.00. The van der Waals surface area contributed by atoms with Crippen molar-refractivity contribution < 1.29 is 0 Å². The summed E-state index contributed by atoms with van der Waals surface area (Å²) in [6.45, 7) is 8.13. The maximum absolute atomic E-state index is 4.21. The summed E-state index contributed by atoms with van der Waals surface area (Å²) in [5, 5.41) is 6.62. The molecule has 1 aromatic carbocycles. The van der Waals surface area contributed by atoms with Crippen LogP contribution in [0.4, 0.5) is 0 Å². The number of nitrogens with zero attached hydrogens (tertiary/aromatic N) is 2. The van der Waals surface area contributed by atoms with Gasteiger partial charge in [0.2, 0.25) is 0 Å². The highest BCUT2D eigenvalue weighted by molar-refractivity contribution is 14.0. The molecule has 0 unspecified atom stereocenters. The van der Waals surface area contributed by atoms with Gasteiger partial charge in [-0.05, 0) is 31.1 Å². The number of hydrogen-bond donors (Lipinski definition) is 2. The zero-order valence-corrected chi connectivity index (χ0v) is 16.0. The molecule has 0 saturated carbocycles. The van der Waals surface area contributed by atoms with Gasteiger partial charge in [-0.3, -0.25) is 4.99 Å². The lowest BCUT2D eigenvalue weighted by molar-refractivity contribution is 0.345. The van der Waals surface area contributed by atoms with Gasteiger partial charge in [-0.2, -0.15) is 0 Å². The fourth-order valence-electron chi connectivity index (χ4n) is 1.91. The maximum Gasteiger partial charge on any atom is 0.191 e. The van der Waals surface area contributed by atoms with Crippen LogP contribution in [-0.2, 0) is 13.1 Å². The van der Waals surface area contributed by atoms with Crippen LogP contribution in [0, 0.1) is 0 Å². The van der Waals surface area contributed by atoms with Gasteiger partial charge in [-0.1, -0.05) is 38.1 Å². The second-order valence-corrected chi connectivity index (χ2v) is 5.00. The summed E-state index contributed by atoms with van der Waals surface area (Å²) in [4.78, 5) is 6.51. The Bertz CT molecular complexity index is 420. The zero-order chi connectivity index (χ0) is 14.8. The molecule has 120 valence electrons. The van der Waals surface area contributed by atoms with E-state index < -0.39 is 0 Å². The number of nitrogens with one attached hydrogen (secondary N) is 2. The molecular formula is C16H29IN4. The molecule has 0 aliphatic rings. The highest BCUT2D eigenvalue weighted by Gasteiger charge is 2.01. The molecule has 0 amide bonds. The summed E-state index contributed by atoms with van der Waals surface area (Å²) < 4.78 is 0. The molecule has 0 saturated heterocycles. The van der Waals surface area contributed by atoms with Crippen LogP contribution in [0.1, 0.15) is 31.4 Å². The van der Waals surface area contributed by atoms with Crippen LogP contribution in [0.3, 0.4) is 0 Å². The molecule has 4 nitrogen and oxygen atoms in total. The van der Waals surface area contributed by atoms with Crippen molar-refractivity contribution in [2.24, 2.45) is 4.99 Å². The molecule has 0 heterocycles. The first-order chi connectivity index (χ1) is 9.69. The topological polar surface area (TPSA) is 39.7 Å². The van der Waals surface area contributed by atoms with E-state index in [2.05, 4.69) is 65.7 Å². The van der Waals surface area contributed by atoms with E-state index in [-0.39, 0.29) is 24.0 Å². The molecular weight excluding hydrogens is 375 g/mol. The van der Waals surface area contributed by atoms with E-state index in [1.54, 1.807) is 7.05 Å². The highest BCUT2D eigenvalue weighted by atomic mass is 127. The van der Waals surface area contributed by atoms with E-state index in [0.717, 1.165) is 38.6 Å². The SMILES string of the molecule is CCCNC(=NC)NCc1cccc(CN(C)CC)c1.I. The highest BCUT2D eigenvalue weighted by Crippen LogP contribution is 2.07. The van der Waals surface area contributed by atoms with Gasteiger partial charge in [0, 0.05) is 26.7 Å². The Hall–Kier alpha value is -0.820. The number of guanidine groups is 1. The Morgan fingerprint density at radius 1 is 1.19 bits per heavy atom. The van der Waals surface area contributed by atoms with Crippen molar-refractivity contribution in [3.8, 4) is 0 Å².